The molecule has 1 aromatic carbocycles. The first-order valence-corrected chi connectivity index (χ1v) is 10.2. The Morgan fingerprint density at radius 3 is 2.57 bits per heavy atom. The van der Waals surface area contributed by atoms with Crippen LogP contribution in [-0.2, 0) is 9.53 Å². The topological polar surface area (TPSA) is 58.6 Å². The van der Waals surface area contributed by atoms with Crippen molar-refractivity contribution in [3.63, 3.8) is 0 Å². The zero-order valence-electron chi connectivity index (χ0n) is 16.5. The van der Waals surface area contributed by atoms with E-state index in [1.165, 1.54) is 5.56 Å². The SMILES string of the molecule is Cc1ncnc(N2CCC3(CC2)O[C@@H]2CC[C@@H](c4ccccc4)N2C3=O)c1C. The van der Waals surface area contributed by atoms with Crippen molar-refractivity contribution in [3.05, 3.63) is 53.5 Å². The molecule has 28 heavy (non-hydrogen) atoms. The van der Waals surface area contributed by atoms with E-state index in [0.29, 0.717) is 12.8 Å². The standard InChI is InChI=1S/C22H26N4O2/c1-15-16(2)23-14-24-20(15)25-12-10-22(11-13-25)21(27)26-18(8-9-19(26)28-22)17-6-4-3-5-7-17/h3-7,14,18-19H,8-13H2,1-2H3/t18-,19+/m0/s1. The lowest BCUT2D eigenvalue weighted by atomic mass is 9.89. The van der Waals surface area contributed by atoms with Crippen LogP contribution in [0.4, 0.5) is 5.82 Å². The molecule has 0 bridgehead atoms. The van der Waals surface area contributed by atoms with E-state index in [-0.39, 0.29) is 18.2 Å². The molecule has 2 aromatic rings. The van der Waals surface area contributed by atoms with Gasteiger partial charge in [-0.1, -0.05) is 30.3 Å². The number of fused-ring (bicyclic) bond motifs is 1. The average Bonchev–Trinajstić information content (AvgIpc) is 3.24. The fourth-order valence-electron chi connectivity index (χ4n) is 4.97. The highest BCUT2D eigenvalue weighted by atomic mass is 16.6. The third kappa shape index (κ3) is 2.62. The van der Waals surface area contributed by atoms with Crippen LogP contribution in [0.5, 0.6) is 0 Å². The molecular weight excluding hydrogens is 352 g/mol. The fourth-order valence-corrected chi connectivity index (χ4v) is 4.97. The van der Waals surface area contributed by atoms with Gasteiger partial charge in [0, 0.05) is 37.2 Å². The van der Waals surface area contributed by atoms with Crippen molar-refractivity contribution in [2.24, 2.45) is 0 Å². The average molecular weight is 378 g/mol. The number of amides is 1. The Bertz CT molecular complexity index is 893. The van der Waals surface area contributed by atoms with Gasteiger partial charge in [-0.05, 0) is 32.3 Å². The molecule has 6 heteroatoms. The first kappa shape index (κ1) is 17.6. The maximum atomic E-state index is 13.5. The minimum atomic E-state index is -0.662. The van der Waals surface area contributed by atoms with Gasteiger partial charge in [-0.15, -0.1) is 0 Å². The molecule has 3 aliphatic rings. The number of piperidine rings is 1. The van der Waals surface area contributed by atoms with Gasteiger partial charge < -0.3 is 14.5 Å². The van der Waals surface area contributed by atoms with Crippen LogP contribution < -0.4 is 4.90 Å². The van der Waals surface area contributed by atoms with Crippen LogP contribution in [0, 0.1) is 13.8 Å². The van der Waals surface area contributed by atoms with Crippen LogP contribution in [0.1, 0.15) is 48.5 Å². The highest BCUT2D eigenvalue weighted by Gasteiger charge is 2.58. The van der Waals surface area contributed by atoms with E-state index in [1.54, 1.807) is 6.33 Å². The summed E-state index contributed by atoms with van der Waals surface area (Å²) in [5.74, 6) is 1.16. The molecule has 4 heterocycles. The van der Waals surface area contributed by atoms with Crippen molar-refractivity contribution in [1.29, 1.82) is 0 Å². The number of hydrogen-bond acceptors (Lipinski definition) is 5. The summed E-state index contributed by atoms with van der Waals surface area (Å²) < 4.78 is 6.43. The lowest BCUT2D eigenvalue weighted by Gasteiger charge is -2.38. The zero-order chi connectivity index (χ0) is 19.3. The molecule has 3 aliphatic heterocycles. The molecule has 2 atom stereocenters. The lowest BCUT2D eigenvalue weighted by molar-refractivity contribution is -0.140. The molecule has 1 spiro atoms. The summed E-state index contributed by atoms with van der Waals surface area (Å²) >= 11 is 0. The maximum absolute atomic E-state index is 13.5. The van der Waals surface area contributed by atoms with Crippen molar-refractivity contribution in [3.8, 4) is 0 Å². The first-order chi connectivity index (χ1) is 13.6. The Labute approximate surface area is 165 Å². The second-order valence-corrected chi connectivity index (χ2v) is 8.18. The number of anilines is 1. The van der Waals surface area contributed by atoms with Gasteiger partial charge in [-0.2, -0.15) is 0 Å². The quantitative estimate of drug-likeness (QED) is 0.803. The van der Waals surface area contributed by atoms with Crippen molar-refractivity contribution in [1.82, 2.24) is 14.9 Å². The number of benzene rings is 1. The summed E-state index contributed by atoms with van der Waals surface area (Å²) in [7, 11) is 0. The predicted molar refractivity (Wildman–Crippen MR) is 106 cm³/mol. The third-order valence-electron chi connectivity index (χ3n) is 6.68. The van der Waals surface area contributed by atoms with E-state index >= 15 is 0 Å². The van der Waals surface area contributed by atoms with E-state index in [1.807, 2.05) is 30.0 Å². The van der Waals surface area contributed by atoms with Gasteiger partial charge in [0.05, 0.1) is 6.04 Å². The Morgan fingerprint density at radius 1 is 1.07 bits per heavy atom. The second kappa shape index (κ2) is 6.55. The van der Waals surface area contributed by atoms with Gasteiger partial charge in [0.1, 0.15) is 18.4 Å². The Hall–Kier alpha value is -2.47. The van der Waals surface area contributed by atoms with Crippen LogP contribution in [-0.4, -0.2) is 45.7 Å². The predicted octanol–water partition coefficient (Wildman–Crippen LogP) is 3.15. The van der Waals surface area contributed by atoms with E-state index in [9.17, 15) is 4.79 Å². The Kier molecular flexibility index (Phi) is 4.12. The normalized spacial score (nSPS) is 26.1. The number of aromatic nitrogens is 2. The van der Waals surface area contributed by atoms with Crippen LogP contribution >= 0.6 is 0 Å². The number of rotatable bonds is 2. The number of hydrogen-bond donors (Lipinski definition) is 0. The summed E-state index contributed by atoms with van der Waals surface area (Å²) in [6, 6.07) is 10.5. The number of carbonyl (C=O) groups excluding carboxylic acids is 1. The number of carbonyl (C=O) groups is 1. The van der Waals surface area contributed by atoms with Crippen molar-refractivity contribution < 1.29 is 9.53 Å². The van der Waals surface area contributed by atoms with Crippen LogP contribution in [0.15, 0.2) is 36.7 Å². The molecular formula is C22H26N4O2. The number of ether oxygens (including phenoxy) is 1. The van der Waals surface area contributed by atoms with E-state index in [2.05, 4.69) is 33.9 Å². The van der Waals surface area contributed by atoms with Gasteiger partial charge in [0.2, 0.25) is 0 Å². The minimum absolute atomic E-state index is 0.0766. The number of nitrogens with zero attached hydrogens (tertiary/aromatic N) is 4. The minimum Gasteiger partial charge on any atom is -0.356 e. The molecule has 0 unspecified atom stereocenters. The third-order valence-corrected chi connectivity index (χ3v) is 6.68. The van der Waals surface area contributed by atoms with Crippen molar-refractivity contribution in [2.45, 2.75) is 57.4 Å². The highest BCUT2D eigenvalue weighted by Crippen LogP contribution is 2.47. The second-order valence-electron chi connectivity index (χ2n) is 8.18. The molecule has 1 aromatic heterocycles. The molecule has 146 valence electrons. The highest BCUT2D eigenvalue weighted by molar-refractivity contribution is 5.88. The van der Waals surface area contributed by atoms with E-state index in [4.69, 9.17) is 4.74 Å². The van der Waals surface area contributed by atoms with Gasteiger partial charge in [-0.25, -0.2) is 9.97 Å². The fraction of sp³-hybridized carbons (Fsp3) is 0.500. The molecule has 1 amide bonds. The van der Waals surface area contributed by atoms with Crippen molar-refractivity contribution in [2.75, 3.05) is 18.0 Å². The van der Waals surface area contributed by atoms with Gasteiger partial charge in [0.25, 0.3) is 5.91 Å². The van der Waals surface area contributed by atoms with Crippen LogP contribution in [0.25, 0.3) is 0 Å². The number of aryl methyl sites for hydroxylation is 1. The smallest absolute Gasteiger partial charge is 0.257 e. The van der Waals surface area contributed by atoms with E-state index in [0.717, 1.165) is 43.0 Å². The molecule has 0 saturated carbocycles. The Morgan fingerprint density at radius 2 is 1.82 bits per heavy atom. The molecule has 3 saturated heterocycles. The maximum Gasteiger partial charge on any atom is 0.257 e. The monoisotopic (exact) mass is 378 g/mol. The molecule has 0 aliphatic carbocycles. The van der Waals surface area contributed by atoms with Gasteiger partial charge in [0.15, 0.2) is 5.60 Å². The molecule has 0 N–H and O–H groups in total. The Balaban J connectivity index is 1.34. The summed E-state index contributed by atoms with van der Waals surface area (Å²) in [6.45, 7) is 5.62. The van der Waals surface area contributed by atoms with E-state index < -0.39 is 5.60 Å². The van der Waals surface area contributed by atoms with Gasteiger partial charge in [-0.3, -0.25) is 4.79 Å². The van der Waals surface area contributed by atoms with Crippen molar-refractivity contribution >= 4 is 11.7 Å². The summed E-state index contributed by atoms with van der Waals surface area (Å²) in [5.41, 5.74) is 2.67. The largest absolute Gasteiger partial charge is 0.356 e. The molecule has 3 fully saturated rings. The summed E-state index contributed by atoms with van der Waals surface area (Å²) in [5, 5.41) is 0. The lowest BCUT2D eigenvalue weighted by Crippen LogP contribution is -2.50. The zero-order valence-corrected chi connectivity index (χ0v) is 16.5. The first-order valence-electron chi connectivity index (χ1n) is 10.2. The molecule has 6 nitrogen and oxygen atoms in total. The van der Waals surface area contributed by atoms with Gasteiger partial charge >= 0.3 is 0 Å². The van der Waals surface area contributed by atoms with Crippen LogP contribution in [0.3, 0.4) is 0 Å². The summed E-state index contributed by atoms with van der Waals surface area (Å²) in [6.07, 6.45) is 4.86. The van der Waals surface area contributed by atoms with Crippen LogP contribution in [0.2, 0.25) is 0 Å². The molecule has 5 rings (SSSR count). The molecule has 0 radical (unpaired) electrons. The summed E-state index contributed by atoms with van der Waals surface area (Å²) in [4.78, 5) is 26.5.